The number of nitrogens with one attached hydrogen (secondary N) is 2. The molecule has 162 valence electrons. The van der Waals surface area contributed by atoms with Gasteiger partial charge in [-0.3, -0.25) is 19.5 Å². The van der Waals surface area contributed by atoms with Gasteiger partial charge in [0.2, 0.25) is 0 Å². The van der Waals surface area contributed by atoms with Crippen LogP contribution in [-0.4, -0.2) is 54.0 Å². The normalized spacial score (nSPS) is 14.7. The number of aromatic amines is 1. The van der Waals surface area contributed by atoms with Crippen molar-refractivity contribution in [3.8, 4) is 0 Å². The molecule has 1 aromatic carbocycles. The van der Waals surface area contributed by atoms with Crippen LogP contribution in [0.25, 0.3) is 11.0 Å². The van der Waals surface area contributed by atoms with Crippen LogP contribution in [0.4, 0.5) is 10.1 Å². The number of piperazine rings is 1. The first-order valence-electron chi connectivity index (χ1n) is 10.5. The maximum Gasteiger partial charge on any atom is 0.251 e. The van der Waals surface area contributed by atoms with Crippen LogP contribution in [0.1, 0.15) is 28.4 Å². The van der Waals surface area contributed by atoms with Crippen molar-refractivity contribution in [2.45, 2.75) is 19.9 Å². The summed E-state index contributed by atoms with van der Waals surface area (Å²) in [4.78, 5) is 35.5. The highest BCUT2D eigenvalue weighted by Gasteiger charge is 2.20. The van der Waals surface area contributed by atoms with Crippen LogP contribution in [0, 0.1) is 5.82 Å². The van der Waals surface area contributed by atoms with E-state index < -0.39 is 0 Å². The lowest BCUT2D eigenvalue weighted by Gasteiger charge is -2.36. The van der Waals surface area contributed by atoms with Crippen molar-refractivity contribution in [3.63, 3.8) is 0 Å². The van der Waals surface area contributed by atoms with E-state index in [2.05, 4.69) is 20.2 Å². The smallest absolute Gasteiger partial charge is 0.251 e. The van der Waals surface area contributed by atoms with Crippen LogP contribution in [0.3, 0.4) is 0 Å². The van der Waals surface area contributed by atoms with E-state index in [0.29, 0.717) is 37.3 Å². The van der Waals surface area contributed by atoms with Gasteiger partial charge in [-0.25, -0.2) is 4.39 Å². The van der Waals surface area contributed by atoms with Crippen molar-refractivity contribution in [3.05, 3.63) is 69.4 Å². The van der Waals surface area contributed by atoms with Gasteiger partial charge < -0.3 is 15.2 Å². The van der Waals surface area contributed by atoms with Crippen molar-refractivity contribution >= 4 is 22.6 Å². The number of anilines is 1. The van der Waals surface area contributed by atoms with Gasteiger partial charge in [-0.1, -0.05) is 6.92 Å². The van der Waals surface area contributed by atoms with Crippen molar-refractivity contribution in [1.82, 2.24) is 20.2 Å². The molecule has 31 heavy (non-hydrogen) atoms. The molecule has 3 heterocycles. The highest BCUT2D eigenvalue weighted by Crippen LogP contribution is 2.23. The molecule has 1 aliphatic rings. The van der Waals surface area contributed by atoms with E-state index in [9.17, 15) is 14.0 Å². The number of amides is 1. The van der Waals surface area contributed by atoms with Crippen molar-refractivity contribution < 1.29 is 9.18 Å². The van der Waals surface area contributed by atoms with Crippen LogP contribution in [0.5, 0.6) is 0 Å². The second kappa shape index (κ2) is 8.85. The predicted octanol–water partition coefficient (Wildman–Crippen LogP) is 2.31. The molecule has 0 spiro atoms. The number of hydrogen-bond acceptors (Lipinski definition) is 5. The molecular weight excluding hydrogens is 397 g/mol. The van der Waals surface area contributed by atoms with E-state index in [-0.39, 0.29) is 17.3 Å². The SMILES string of the molecule is CCc1cc2ncc(CN3CCN(c4ccc(C(=O)NC)cc4F)CC3)cc2[nH]c1=O. The quantitative estimate of drug-likeness (QED) is 0.658. The van der Waals surface area contributed by atoms with Gasteiger partial charge in [0.15, 0.2) is 0 Å². The first-order chi connectivity index (χ1) is 15.0. The lowest BCUT2D eigenvalue weighted by atomic mass is 10.1. The molecule has 0 radical (unpaired) electrons. The number of nitrogens with zero attached hydrogens (tertiary/aromatic N) is 3. The maximum absolute atomic E-state index is 14.5. The third kappa shape index (κ3) is 4.44. The molecule has 8 heteroatoms. The summed E-state index contributed by atoms with van der Waals surface area (Å²) in [5, 5.41) is 2.51. The number of pyridine rings is 2. The third-order valence-corrected chi connectivity index (χ3v) is 5.76. The Morgan fingerprint density at radius 3 is 2.65 bits per heavy atom. The molecule has 1 fully saturated rings. The first kappa shape index (κ1) is 21.0. The number of halogens is 1. The molecule has 0 aliphatic carbocycles. The van der Waals surface area contributed by atoms with E-state index in [1.807, 2.05) is 30.2 Å². The number of aryl methyl sites for hydroxylation is 1. The minimum atomic E-state index is -0.385. The summed E-state index contributed by atoms with van der Waals surface area (Å²) in [6.07, 6.45) is 2.53. The maximum atomic E-state index is 14.5. The van der Waals surface area contributed by atoms with Crippen LogP contribution in [0.15, 0.2) is 41.3 Å². The Balaban J connectivity index is 1.41. The van der Waals surface area contributed by atoms with Gasteiger partial charge in [-0.15, -0.1) is 0 Å². The Bertz CT molecular complexity index is 1170. The Hall–Kier alpha value is -3.26. The number of benzene rings is 1. The summed E-state index contributed by atoms with van der Waals surface area (Å²) in [5.74, 6) is -0.685. The highest BCUT2D eigenvalue weighted by atomic mass is 19.1. The molecule has 3 aromatic rings. The Morgan fingerprint density at radius 1 is 1.19 bits per heavy atom. The summed E-state index contributed by atoms with van der Waals surface area (Å²) in [7, 11) is 1.53. The number of rotatable bonds is 5. The zero-order valence-electron chi connectivity index (χ0n) is 17.7. The van der Waals surface area contributed by atoms with Crippen molar-refractivity contribution in [1.29, 1.82) is 0 Å². The lowest BCUT2D eigenvalue weighted by Crippen LogP contribution is -2.46. The lowest BCUT2D eigenvalue weighted by molar-refractivity contribution is 0.0962. The second-order valence-electron chi connectivity index (χ2n) is 7.76. The fraction of sp³-hybridized carbons (Fsp3) is 0.348. The van der Waals surface area contributed by atoms with Gasteiger partial charge in [-0.05, 0) is 42.3 Å². The fourth-order valence-electron chi connectivity index (χ4n) is 3.97. The molecule has 0 saturated carbocycles. The summed E-state index contributed by atoms with van der Waals surface area (Å²) < 4.78 is 14.5. The minimum absolute atomic E-state index is 0.0629. The van der Waals surface area contributed by atoms with Gasteiger partial charge >= 0.3 is 0 Å². The topological polar surface area (TPSA) is 81.3 Å². The number of H-pyrrole nitrogens is 1. The summed E-state index contributed by atoms with van der Waals surface area (Å²) in [6.45, 7) is 5.60. The summed E-state index contributed by atoms with van der Waals surface area (Å²) >= 11 is 0. The third-order valence-electron chi connectivity index (χ3n) is 5.76. The van der Waals surface area contributed by atoms with Gasteiger partial charge in [-0.2, -0.15) is 0 Å². The number of hydrogen-bond donors (Lipinski definition) is 2. The first-order valence-corrected chi connectivity index (χ1v) is 10.5. The molecule has 4 rings (SSSR count). The molecule has 1 saturated heterocycles. The zero-order chi connectivity index (χ0) is 22.0. The Kier molecular flexibility index (Phi) is 5.99. The molecule has 0 atom stereocenters. The van der Waals surface area contributed by atoms with Crippen LogP contribution in [-0.2, 0) is 13.0 Å². The van der Waals surface area contributed by atoms with Gasteiger partial charge in [0.1, 0.15) is 5.82 Å². The predicted molar refractivity (Wildman–Crippen MR) is 119 cm³/mol. The highest BCUT2D eigenvalue weighted by molar-refractivity contribution is 5.94. The number of aromatic nitrogens is 2. The second-order valence-corrected chi connectivity index (χ2v) is 7.76. The number of carbonyl (C=O) groups excluding carboxylic acids is 1. The van der Waals surface area contributed by atoms with Crippen molar-refractivity contribution in [2.24, 2.45) is 0 Å². The van der Waals surface area contributed by atoms with Gasteiger partial charge in [0.25, 0.3) is 11.5 Å². The van der Waals surface area contributed by atoms with E-state index in [0.717, 1.165) is 35.2 Å². The molecule has 1 amide bonds. The molecule has 1 aliphatic heterocycles. The minimum Gasteiger partial charge on any atom is -0.367 e. The van der Waals surface area contributed by atoms with E-state index in [1.54, 1.807) is 12.1 Å². The monoisotopic (exact) mass is 423 g/mol. The molecular formula is C23H26FN5O2. The summed E-state index contributed by atoms with van der Waals surface area (Å²) in [5.41, 5.74) is 4.07. The summed E-state index contributed by atoms with van der Waals surface area (Å²) in [6, 6.07) is 8.43. The number of carbonyl (C=O) groups is 1. The fourth-order valence-corrected chi connectivity index (χ4v) is 3.97. The Labute approximate surface area is 179 Å². The van der Waals surface area contributed by atoms with E-state index in [4.69, 9.17) is 0 Å². The van der Waals surface area contributed by atoms with Crippen LogP contribution >= 0.6 is 0 Å². The molecule has 0 unspecified atom stereocenters. The molecule has 0 bridgehead atoms. The average Bonchev–Trinajstić information content (AvgIpc) is 2.78. The number of fused-ring (bicyclic) bond motifs is 1. The largest absolute Gasteiger partial charge is 0.367 e. The van der Waals surface area contributed by atoms with Crippen LogP contribution in [0.2, 0.25) is 0 Å². The van der Waals surface area contributed by atoms with Crippen LogP contribution < -0.4 is 15.8 Å². The molecule has 2 N–H and O–H groups in total. The molecule has 7 nitrogen and oxygen atoms in total. The molecule has 2 aromatic heterocycles. The van der Waals surface area contributed by atoms with E-state index >= 15 is 0 Å². The average molecular weight is 423 g/mol. The Morgan fingerprint density at radius 2 is 1.97 bits per heavy atom. The zero-order valence-corrected chi connectivity index (χ0v) is 17.7. The van der Waals surface area contributed by atoms with Crippen molar-refractivity contribution in [2.75, 3.05) is 38.1 Å². The van der Waals surface area contributed by atoms with Gasteiger partial charge in [0.05, 0.1) is 16.7 Å². The van der Waals surface area contributed by atoms with E-state index in [1.165, 1.54) is 13.1 Å². The standard InChI is InChI=1S/C23H26FN5O2/c1-3-16-12-19-20(27-23(16)31)10-15(13-26-19)14-28-6-8-29(9-7-28)21-5-4-17(11-18(21)24)22(30)25-2/h4-5,10-13H,3,6-9,14H2,1-2H3,(H,25,30)(H,27,31). The van der Waals surface area contributed by atoms with Gasteiger partial charge in [0, 0.05) is 57.1 Å².